The normalized spacial score (nSPS) is 19.2. The molecule has 0 N–H and O–H groups in total. The number of hydrogen-bond donors (Lipinski definition) is 0. The first kappa shape index (κ1) is 25.6. The van der Waals surface area contributed by atoms with Crippen LogP contribution in [0.15, 0.2) is 66.7 Å². The number of likely N-dealkylation sites (tertiary alicyclic amines) is 1. The zero-order valence-electron chi connectivity index (χ0n) is 22.2. The predicted molar refractivity (Wildman–Crippen MR) is 146 cm³/mol. The van der Waals surface area contributed by atoms with Crippen LogP contribution in [-0.4, -0.2) is 49.0 Å². The Labute approximate surface area is 220 Å². The summed E-state index contributed by atoms with van der Waals surface area (Å²) in [5, 5.41) is 2.25. The number of carbonyl (C=O) groups excluding carboxylic acids is 1. The number of ether oxygens (including phenoxy) is 2. The van der Waals surface area contributed by atoms with Crippen LogP contribution >= 0.6 is 0 Å². The van der Waals surface area contributed by atoms with Gasteiger partial charge < -0.3 is 23.7 Å². The summed E-state index contributed by atoms with van der Waals surface area (Å²) in [6.07, 6.45) is 1.57. The lowest BCUT2D eigenvalue weighted by atomic mass is 9.78. The highest BCUT2D eigenvalue weighted by molar-refractivity contribution is 6.62. The van der Waals surface area contributed by atoms with Gasteiger partial charge in [0, 0.05) is 13.1 Å². The number of amides is 1. The first-order valence-corrected chi connectivity index (χ1v) is 13.2. The van der Waals surface area contributed by atoms with E-state index in [0.29, 0.717) is 32.2 Å². The predicted octanol–water partition coefficient (Wildman–Crippen LogP) is 5.57. The molecule has 0 unspecified atom stereocenters. The summed E-state index contributed by atoms with van der Waals surface area (Å²) in [6.45, 7) is 10.6. The molecule has 2 aliphatic rings. The van der Waals surface area contributed by atoms with Gasteiger partial charge in [-0.1, -0.05) is 54.6 Å². The van der Waals surface area contributed by atoms with Crippen LogP contribution < -0.4 is 10.2 Å². The number of carbonyl (C=O) groups is 1. The van der Waals surface area contributed by atoms with Gasteiger partial charge in [0.25, 0.3) is 0 Å². The van der Waals surface area contributed by atoms with E-state index in [2.05, 4.69) is 58.0 Å². The van der Waals surface area contributed by atoms with Gasteiger partial charge in [0.2, 0.25) is 0 Å². The molecule has 194 valence electrons. The molecule has 6 nitrogen and oxygen atoms in total. The van der Waals surface area contributed by atoms with Crippen molar-refractivity contribution in [2.24, 2.45) is 5.92 Å². The third kappa shape index (κ3) is 5.78. The van der Waals surface area contributed by atoms with Crippen molar-refractivity contribution >= 4 is 29.4 Å². The largest absolute Gasteiger partial charge is 0.494 e. The highest BCUT2D eigenvalue weighted by Crippen LogP contribution is 2.36. The Bertz CT molecular complexity index is 1220. The summed E-state index contributed by atoms with van der Waals surface area (Å²) < 4.78 is 24.1. The molecule has 3 aromatic rings. The summed E-state index contributed by atoms with van der Waals surface area (Å²) in [5.41, 5.74) is 1.27. The van der Waals surface area contributed by atoms with Crippen molar-refractivity contribution in [2.75, 3.05) is 19.7 Å². The SMILES string of the molecule is CC1(C)OB(c2ccc3ccc(OCC4CCN(C(=O)OCc5ccccc5)CC4)cc3c2)OC1(C)C. The standard InChI is InChI=1S/C30H36BNO5/c1-29(2)30(3,4)37-31(36-29)26-12-10-24-11-13-27(19-25(24)18-26)34-20-23-14-16-32(17-15-23)28(33)35-21-22-8-6-5-7-9-22/h5-13,18-19,23H,14-17,20-21H2,1-4H3. The minimum absolute atomic E-state index is 0.240. The Kier molecular flexibility index (Phi) is 7.19. The summed E-state index contributed by atoms with van der Waals surface area (Å²) in [5.74, 6) is 1.26. The topological polar surface area (TPSA) is 57.2 Å². The number of rotatable bonds is 6. The van der Waals surface area contributed by atoms with E-state index in [1.54, 1.807) is 4.90 Å². The molecule has 3 aromatic carbocycles. The van der Waals surface area contributed by atoms with E-state index in [1.807, 2.05) is 36.4 Å². The van der Waals surface area contributed by atoms with Crippen molar-refractivity contribution in [1.29, 1.82) is 0 Å². The number of fused-ring (bicyclic) bond motifs is 1. The zero-order chi connectivity index (χ0) is 26.0. The van der Waals surface area contributed by atoms with Gasteiger partial charge in [0.1, 0.15) is 12.4 Å². The second-order valence-corrected chi connectivity index (χ2v) is 11.1. The van der Waals surface area contributed by atoms with Gasteiger partial charge >= 0.3 is 13.2 Å². The third-order valence-corrected chi connectivity index (χ3v) is 7.92. The number of benzene rings is 3. The van der Waals surface area contributed by atoms with Crippen LogP contribution in [0.3, 0.4) is 0 Å². The molecule has 2 saturated heterocycles. The van der Waals surface area contributed by atoms with Gasteiger partial charge in [-0.25, -0.2) is 4.79 Å². The van der Waals surface area contributed by atoms with Crippen LogP contribution in [0.2, 0.25) is 0 Å². The Morgan fingerprint density at radius 3 is 2.30 bits per heavy atom. The van der Waals surface area contributed by atoms with Crippen LogP contribution in [-0.2, 0) is 20.7 Å². The highest BCUT2D eigenvalue weighted by Gasteiger charge is 2.51. The molecular weight excluding hydrogens is 465 g/mol. The smallest absolute Gasteiger partial charge is 0.493 e. The monoisotopic (exact) mass is 501 g/mol. The Balaban J connectivity index is 1.13. The fraction of sp³-hybridized carbons (Fsp3) is 0.433. The maximum atomic E-state index is 12.4. The maximum Gasteiger partial charge on any atom is 0.494 e. The van der Waals surface area contributed by atoms with Crippen molar-refractivity contribution in [3.8, 4) is 5.75 Å². The van der Waals surface area contributed by atoms with Crippen molar-refractivity contribution in [3.63, 3.8) is 0 Å². The lowest BCUT2D eigenvalue weighted by molar-refractivity contribution is 0.00578. The average molecular weight is 501 g/mol. The molecule has 2 fully saturated rings. The van der Waals surface area contributed by atoms with Gasteiger partial charge in [-0.05, 0) is 80.4 Å². The second-order valence-electron chi connectivity index (χ2n) is 11.1. The molecule has 0 atom stereocenters. The molecule has 0 aromatic heterocycles. The van der Waals surface area contributed by atoms with Crippen LogP contribution in [0.25, 0.3) is 10.8 Å². The fourth-order valence-electron chi connectivity index (χ4n) is 4.77. The minimum Gasteiger partial charge on any atom is -0.493 e. The van der Waals surface area contributed by atoms with E-state index in [1.165, 1.54) is 0 Å². The molecule has 0 aliphatic carbocycles. The highest BCUT2D eigenvalue weighted by atomic mass is 16.7. The Hall–Kier alpha value is -3.03. The van der Waals surface area contributed by atoms with E-state index in [4.69, 9.17) is 18.8 Å². The van der Waals surface area contributed by atoms with Crippen molar-refractivity contribution in [1.82, 2.24) is 4.90 Å². The van der Waals surface area contributed by atoms with Crippen LogP contribution in [0, 0.1) is 5.92 Å². The van der Waals surface area contributed by atoms with Gasteiger partial charge in [-0.2, -0.15) is 0 Å². The first-order valence-electron chi connectivity index (χ1n) is 13.2. The molecule has 2 heterocycles. The first-order chi connectivity index (χ1) is 17.7. The molecule has 7 heteroatoms. The summed E-state index contributed by atoms with van der Waals surface area (Å²) in [6, 6.07) is 22.3. The molecular formula is C30H36BNO5. The van der Waals surface area contributed by atoms with Crippen LogP contribution in [0.1, 0.15) is 46.1 Å². The average Bonchev–Trinajstić information content (AvgIpc) is 3.13. The second kappa shape index (κ2) is 10.4. The molecule has 0 spiro atoms. The lowest BCUT2D eigenvalue weighted by Gasteiger charge is -2.32. The molecule has 2 aliphatic heterocycles. The summed E-state index contributed by atoms with van der Waals surface area (Å²) in [7, 11) is -0.386. The molecule has 37 heavy (non-hydrogen) atoms. The summed E-state index contributed by atoms with van der Waals surface area (Å²) in [4.78, 5) is 14.2. The fourth-order valence-corrected chi connectivity index (χ4v) is 4.77. The third-order valence-electron chi connectivity index (χ3n) is 7.92. The van der Waals surface area contributed by atoms with Crippen LogP contribution in [0.4, 0.5) is 4.79 Å². The van der Waals surface area contributed by atoms with Crippen molar-refractivity contribution in [3.05, 3.63) is 72.3 Å². The van der Waals surface area contributed by atoms with Gasteiger partial charge in [0.05, 0.1) is 17.8 Å². The van der Waals surface area contributed by atoms with E-state index in [0.717, 1.165) is 40.4 Å². The number of nitrogens with zero attached hydrogens (tertiary/aromatic N) is 1. The number of piperidine rings is 1. The lowest BCUT2D eigenvalue weighted by Crippen LogP contribution is -2.41. The van der Waals surface area contributed by atoms with E-state index < -0.39 is 0 Å². The Morgan fingerprint density at radius 1 is 0.919 bits per heavy atom. The molecule has 0 saturated carbocycles. The van der Waals surface area contributed by atoms with Gasteiger partial charge in [0.15, 0.2) is 0 Å². The molecule has 5 rings (SSSR count). The minimum atomic E-state index is -0.386. The molecule has 0 bridgehead atoms. The van der Waals surface area contributed by atoms with E-state index >= 15 is 0 Å². The maximum absolute atomic E-state index is 12.4. The van der Waals surface area contributed by atoms with Crippen molar-refractivity contribution in [2.45, 2.75) is 58.3 Å². The van der Waals surface area contributed by atoms with Crippen LogP contribution in [0.5, 0.6) is 5.75 Å². The molecule has 0 radical (unpaired) electrons. The number of hydrogen-bond acceptors (Lipinski definition) is 5. The summed E-state index contributed by atoms with van der Waals surface area (Å²) >= 11 is 0. The van der Waals surface area contributed by atoms with Crippen molar-refractivity contribution < 1.29 is 23.6 Å². The quantitative estimate of drug-likeness (QED) is 0.414. The van der Waals surface area contributed by atoms with E-state index in [-0.39, 0.29) is 24.4 Å². The van der Waals surface area contributed by atoms with Gasteiger partial charge in [-0.15, -0.1) is 0 Å². The Morgan fingerprint density at radius 2 is 1.59 bits per heavy atom. The zero-order valence-corrected chi connectivity index (χ0v) is 22.2. The van der Waals surface area contributed by atoms with E-state index in [9.17, 15) is 4.79 Å². The van der Waals surface area contributed by atoms with Gasteiger partial charge in [-0.3, -0.25) is 0 Å². The molecule has 1 amide bonds.